The molecule has 3 heterocycles. The molecular weight excluding hydrogens is 366 g/mol. The molecule has 2 N–H and O–H groups in total. The van der Waals surface area contributed by atoms with Crippen molar-refractivity contribution >= 4 is 22.8 Å². The van der Waals surface area contributed by atoms with E-state index in [0.29, 0.717) is 23.7 Å². The number of aromatic nitrogens is 3. The molecule has 2 aromatic heterocycles. The van der Waals surface area contributed by atoms with E-state index in [1.165, 1.54) is 0 Å². The molecule has 150 valence electrons. The molecule has 1 fully saturated rings. The Kier molecular flexibility index (Phi) is 5.29. The van der Waals surface area contributed by atoms with Gasteiger partial charge < -0.3 is 15.4 Å². The molecule has 7 heteroatoms. The number of benzene rings is 1. The average molecular weight is 391 g/mol. The lowest BCUT2D eigenvalue weighted by atomic mass is 9.97. The van der Waals surface area contributed by atoms with Crippen molar-refractivity contribution < 1.29 is 9.53 Å². The molecule has 0 saturated carbocycles. The zero-order valence-corrected chi connectivity index (χ0v) is 16.8. The van der Waals surface area contributed by atoms with Gasteiger partial charge in [-0.25, -0.2) is 15.0 Å². The first kappa shape index (κ1) is 19.1. The van der Waals surface area contributed by atoms with Gasteiger partial charge in [-0.3, -0.25) is 4.79 Å². The molecule has 0 spiro atoms. The number of ether oxygens (including phenoxy) is 1. The van der Waals surface area contributed by atoms with Gasteiger partial charge in [0.2, 0.25) is 5.91 Å². The Bertz CT molecular complexity index is 1040. The summed E-state index contributed by atoms with van der Waals surface area (Å²) in [7, 11) is 1.63. The number of nitrogens with two attached hydrogens (primary N) is 1. The maximum absolute atomic E-state index is 13.1. The molecule has 1 unspecified atom stereocenters. The minimum absolute atomic E-state index is 0.0459. The van der Waals surface area contributed by atoms with Crippen molar-refractivity contribution in [1.29, 1.82) is 0 Å². The van der Waals surface area contributed by atoms with E-state index in [1.807, 2.05) is 41.3 Å². The number of methoxy groups -OCH3 is 1. The molecule has 1 atom stereocenters. The van der Waals surface area contributed by atoms with Crippen LogP contribution in [0.5, 0.6) is 5.75 Å². The van der Waals surface area contributed by atoms with E-state index in [4.69, 9.17) is 15.5 Å². The number of nitrogen functional groups attached to an aromatic ring is 1. The number of amides is 1. The predicted octanol–water partition coefficient (Wildman–Crippen LogP) is 3.22. The van der Waals surface area contributed by atoms with E-state index in [9.17, 15) is 4.79 Å². The Morgan fingerprint density at radius 2 is 1.93 bits per heavy atom. The Morgan fingerprint density at radius 3 is 2.69 bits per heavy atom. The number of fused-ring (bicyclic) bond motifs is 1. The van der Waals surface area contributed by atoms with Gasteiger partial charge in [-0.15, -0.1) is 0 Å². The summed E-state index contributed by atoms with van der Waals surface area (Å²) < 4.78 is 5.19. The molecule has 0 aliphatic carbocycles. The highest BCUT2D eigenvalue weighted by atomic mass is 16.5. The highest BCUT2D eigenvalue weighted by Crippen LogP contribution is 2.32. The third kappa shape index (κ3) is 3.99. The van der Waals surface area contributed by atoms with Gasteiger partial charge in [0.05, 0.1) is 30.7 Å². The minimum Gasteiger partial charge on any atom is -0.497 e. The molecule has 29 heavy (non-hydrogen) atoms. The van der Waals surface area contributed by atoms with Crippen molar-refractivity contribution in [2.75, 3.05) is 19.4 Å². The number of likely N-dealkylation sites (tertiary alicyclic amines) is 1. The highest BCUT2D eigenvalue weighted by molar-refractivity contribution is 5.85. The maximum atomic E-state index is 13.1. The van der Waals surface area contributed by atoms with Crippen LogP contribution in [0.1, 0.15) is 42.4 Å². The fraction of sp³-hybridized carbons (Fsp3) is 0.364. The first-order valence-corrected chi connectivity index (χ1v) is 9.88. The Morgan fingerprint density at radius 1 is 1.14 bits per heavy atom. The molecular formula is C22H25N5O2. The zero-order chi connectivity index (χ0) is 20.4. The van der Waals surface area contributed by atoms with Crippen molar-refractivity contribution in [3.8, 4) is 5.75 Å². The van der Waals surface area contributed by atoms with Crippen LogP contribution in [0.2, 0.25) is 0 Å². The predicted molar refractivity (Wildman–Crippen MR) is 111 cm³/mol. The van der Waals surface area contributed by atoms with Crippen molar-refractivity contribution in [3.05, 3.63) is 53.5 Å². The number of carbonyl (C=O) groups is 1. The normalized spacial score (nSPS) is 16.8. The van der Waals surface area contributed by atoms with E-state index >= 15 is 0 Å². The quantitative estimate of drug-likeness (QED) is 0.734. The fourth-order valence-electron chi connectivity index (χ4n) is 3.90. The lowest BCUT2D eigenvalue weighted by Gasteiger charge is -2.35. The monoisotopic (exact) mass is 391 g/mol. The first-order chi connectivity index (χ1) is 14.0. The number of pyridine rings is 1. The molecule has 0 bridgehead atoms. The molecule has 0 radical (unpaired) electrons. The number of hydrogen-bond donors (Lipinski definition) is 1. The second kappa shape index (κ2) is 8.03. The minimum atomic E-state index is -0.0459. The Labute approximate surface area is 169 Å². The molecule has 3 aromatic rings. The third-order valence-electron chi connectivity index (χ3n) is 5.40. The molecule has 4 rings (SSSR count). The van der Waals surface area contributed by atoms with Crippen molar-refractivity contribution in [1.82, 2.24) is 19.9 Å². The van der Waals surface area contributed by atoms with Crippen LogP contribution >= 0.6 is 0 Å². The SMILES string of the molecule is COc1ccc(CC(=O)N2CCCCC2c2ccc3c(N)nc(C)nc3n2)cc1. The van der Waals surface area contributed by atoms with Gasteiger partial charge in [0.25, 0.3) is 0 Å². The van der Waals surface area contributed by atoms with Gasteiger partial charge in [-0.05, 0) is 56.0 Å². The van der Waals surface area contributed by atoms with Crippen LogP contribution in [-0.4, -0.2) is 39.4 Å². The average Bonchev–Trinajstić information content (AvgIpc) is 2.73. The number of piperidine rings is 1. The molecule has 1 saturated heterocycles. The standard InChI is InChI=1S/C22H25N5O2/c1-14-24-21(23)17-10-11-18(26-22(17)25-14)19-5-3-4-12-27(19)20(28)13-15-6-8-16(29-2)9-7-15/h6-11,19H,3-5,12-13H2,1-2H3,(H2,23,24,25,26). The van der Waals surface area contributed by atoms with Gasteiger partial charge in [0.15, 0.2) is 5.65 Å². The summed E-state index contributed by atoms with van der Waals surface area (Å²) >= 11 is 0. The van der Waals surface area contributed by atoms with E-state index in [2.05, 4.69) is 9.97 Å². The summed E-state index contributed by atoms with van der Waals surface area (Å²) in [5, 5.41) is 0.742. The lowest BCUT2D eigenvalue weighted by Crippen LogP contribution is -2.39. The van der Waals surface area contributed by atoms with Crippen LogP contribution in [-0.2, 0) is 11.2 Å². The number of anilines is 1. The van der Waals surface area contributed by atoms with Crippen LogP contribution in [0.15, 0.2) is 36.4 Å². The van der Waals surface area contributed by atoms with Crippen LogP contribution in [0.25, 0.3) is 11.0 Å². The molecule has 1 aliphatic rings. The van der Waals surface area contributed by atoms with E-state index < -0.39 is 0 Å². The first-order valence-electron chi connectivity index (χ1n) is 9.88. The van der Waals surface area contributed by atoms with Crippen LogP contribution < -0.4 is 10.5 Å². The third-order valence-corrected chi connectivity index (χ3v) is 5.40. The van der Waals surface area contributed by atoms with Crippen molar-refractivity contribution in [2.24, 2.45) is 0 Å². The van der Waals surface area contributed by atoms with Crippen molar-refractivity contribution in [2.45, 2.75) is 38.6 Å². The topological polar surface area (TPSA) is 94.2 Å². The van der Waals surface area contributed by atoms with E-state index in [-0.39, 0.29) is 11.9 Å². The van der Waals surface area contributed by atoms with Gasteiger partial charge in [-0.1, -0.05) is 12.1 Å². The fourth-order valence-corrected chi connectivity index (χ4v) is 3.90. The number of carbonyl (C=O) groups excluding carboxylic acids is 1. The van der Waals surface area contributed by atoms with Gasteiger partial charge >= 0.3 is 0 Å². The maximum Gasteiger partial charge on any atom is 0.227 e. The van der Waals surface area contributed by atoms with Crippen LogP contribution in [0.3, 0.4) is 0 Å². The molecule has 1 aromatic carbocycles. The Hall–Kier alpha value is -3.22. The second-order valence-electron chi connectivity index (χ2n) is 7.39. The summed E-state index contributed by atoms with van der Waals surface area (Å²) in [6.45, 7) is 2.54. The largest absolute Gasteiger partial charge is 0.497 e. The van der Waals surface area contributed by atoms with Gasteiger partial charge in [0, 0.05) is 6.54 Å². The summed E-state index contributed by atoms with van der Waals surface area (Å²) in [6.07, 6.45) is 3.34. The molecule has 1 amide bonds. The number of rotatable bonds is 4. The lowest BCUT2D eigenvalue weighted by molar-refractivity contribution is -0.134. The molecule has 1 aliphatic heterocycles. The Balaban J connectivity index is 1.59. The second-order valence-corrected chi connectivity index (χ2v) is 7.39. The summed E-state index contributed by atoms with van der Waals surface area (Å²) in [5.41, 5.74) is 8.42. The number of hydrogen-bond acceptors (Lipinski definition) is 6. The van der Waals surface area contributed by atoms with Gasteiger partial charge in [0.1, 0.15) is 17.4 Å². The van der Waals surface area contributed by atoms with Gasteiger partial charge in [-0.2, -0.15) is 0 Å². The van der Waals surface area contributed by atoms with E-state index in [1.54, 1.807) is 14.0 Å². The number of nitrogens with zero attached hydrogens (tertiary/aromatic N) is 4. The summed E-state index contributed by atoms with van der Waals surface area (Å²) in [5.74, 6) is 1.92. The summed E-state index contributed by atoms with van der Waals surface area (Å²) in [6, 6.07) is 11.4. The molecule has 7 nitrogen and oxygen atoms in total. The van der Waals surface area contributed by atoms with E-state index in [0.717, 1.165) is 48.2 Å². The van der Waals surface area contributed by atoms with Crippen LogP contribution in [0, 0.1) is 6.92 Å². The smallest absolute Gasteiger partial charge is 0.227 e. The number of aryl methyl sites for hydroxylation is 1. The highest BCUT2D eigenvalue weighted by Gasteiger charge is 2.29. The summed E-state index contributed by atoms with van der Waals surface area (Å²) in [4.78, 5) is 28.4. The van der Waals surface area contributed by atoms with Crippen LogP contribution in [0.4, 0.5) is 5.82 Å². The zero-order valence-electron chi connectivity index (χ0n) is 16.8. The van der Waals surface area contributed by atoms with Crippen molar-refractivity contribution in [3.63, 3.8) is 0 Å².